The molecule has 4 rings (SSSR count). The second kappa shape index (κ2) is 5.16. The molecule has 0 fully saturated rings. The van der Waals surface area contributed by atoms with Gasteiger partial charge in [0.1, 0.15) is 17.8 Å². The lowest BCUT2D eigenvalue weighted by Gasteiger charge is -2.08. The van der Waals surface area contributed by atoms with E-state index in [4.69, 9.17) is 14.2 Å². The third kappa shape index (κ3) is 2.32. The second-order valence-corrected chi connectivity index (χ2v) is 6.15. The van der Waals surface area contributed by atoms with E-state index in [1.807, 2.05) is 23.6 Å². The lowest BCUT2D eigenvalue weighted by Crippen LogP contribution is -1.99. The Labute approximate surface area is 132 Å². The van der Waals surface area contributed by atoms with Gasteiger partial charge in [-0.3, -0.25) is 0 Å². The third-order valence-corrected chi connectivity index (χ3v) is 4.69. The van der Waals surface area contributed by atoms with E-state index in [0.717, 1.165) is 31.8 Å². The quantitative estimate of drug-likeness (QED) is 0.708. The van der Waals surface area contributed by atoms with Crippen molar-refractivity contribution in [3.63, 3.8) is 0 Å². The van der Waals surface area contributed by atoms with Crippen LogP contribution in [0.3, 0.4) is 0 Å². The Morgan fingerprint density at radius 3 is 3.00 bits per heavy atom. The summed E-state index contributed by atoms with van der Waals surface area (Å²) in [6, 6.07) is 5.77. The maximum atomic E-state index is 5.83. The van der Waals surface area contributed by atoms with E-state index in [1.165, 1.54) is 6.33 Å². The molecule has 0 spiro atoms. The zero-order chi connectivity index (χ0) is 14.2. The Morgan fingerprint density at radius 2 is 2.10 bits per heavy atom. The van der Waals surface area contributed by atoms with Crippen LogP contribution in [0.5, 0.6) is 17.4 Å². The fraction of sp³-hybridized carbons (Fsp3) is 0.143. The minimum Gasteiger partial charge on any atom is -0.472 e. The molecule has 1 aliphatic rings. The van der Waals surface area contributed by atoms with E-state index in [2.05, 4.69) is 25.9 Å². The number of aromatic nitrogens is 2. The van der Waals surface area contributed by atoms with Gasteiger partial charge in [0.05, 0.1) is 5.39 Å². The molecule has 106 valence electrons. The van der Waals surface area contributed by atoms with E-state index >= 15 is 0 Å². The molecule has 0 saturated carbocycles. The van der Waals surface area contributed by atoms with Gasteiger partial charge in [0.25, 0.3) is 0 Å². The van der Waals surface area contributed by atoms with Crippen LogP contribution in [0.1, 0.15) is 5.56 Å². The monoisotopic (exact) mass is 364 g/mol. The van der Waals surface area contributed by atoms with E-state index in [0.29, 0.717) is 12.5 Å². The summed E-state index contributed by atoms with van der Waals surface area (Å²) in [4.78, 5) is 9.32. The SMILES string of the molecule is Brc1cc2c(cc1COc1ncnc3sccc13)OCO2. The topological polar surface area (TPSA) is 53.5 Å². The van der Waals surface area contributed by atoms with E-state index in [-0.39, 0.29) is 6.79 Å². The van der Waals surface area contributed by atoms with Crippen LogP contribution in [0.25, 0.3) is 10.2 Å². The number of rotatable bonds is 3. The Balaban J connectivity index is 1.61. The highest BCUT2D eigenvalue weighted by Gasteiger charge is 2.17. The predicted octanol–water partition coefficient (Wildman–Crippen LogP) is 3.76. The van der Waals surface area contributed by atoms with Gasteiger partial charge in [0.2, 0.25) is 12.7 Å². The van der Waals surface area contributed by atoms with Gasteiger partial charge in [-0.25, -0.2) is 9.97 Å². The van der Waals surface area contributed by atoms with Crippen LogP contribution < -0.4 is 14.2 Å². The standard InChI is InChI=1S/C14H9BrN2O3S/c15-10-4-12-11(19-7-20-12)3-8(10)5-18-13-9-1-2-21-14(9)17-6-16-13/h1-4,6H,5,7H2. The fourth-order valence-corrected chi connectivity index (χ4v) is 3.26. The minimum atomic E-state index is 0.257. The largest absolute Gasteiger partial charge is 0.472 e. The summed E-state index contributed by atoms with van der Waals surface area (Å²) in [6.45, 7) is 0.646. The van der Waals surface area contributed by atoms with Crippen molar-refractivity contribution in [1.29, 1.82) is 0 Å². The normalized spacial score (nSPS) is 12.8. The van der Waals surface area contributed by atoms with Crippen molar-refractivity contribution in [2.75, 3.05) is 6.79 Å². The molecular weight excluding hydrogens is 356 g/mol. The molecule has 0 bridgehead atoms. The predicted molar refractivity (Wildman–Crippen MR) is 82.0 cm³/mol. The van der Waals surface area contributed by atoms with Crippen molar-refractivity contribution in [3.05, 3.63) is 39.9 Å². The number of fused-ring (bicyclic) bond motifs is 2. The Hall–Kier alpha value is -1.86. The van der Waals surface area contributed by atoms with Crippen LogP contribution in [-0.4, -0.2) is 16.8 Å². The first-order chi connectivity index (χ1) is 10.3. The molecule has 0 atom stereocenters. The number of halogens is 1. The van der Waals surface area contributed by atoms with Crippen molar-refractivity contribution >= 4 is 37.5 Å². The summed E-state index contributed by atoms with van der Waals surface area (Å²) in [5.41, 5.74) is 0.973. The molecular formula is C14H9BrN2O3S. The molecule has 0 unspecified atom stereocenters. The highest BCUT2D eigenvalue weighted by atomic mass is 79.9. The number of benzene rings is 1. The molecule has 2 aromatic heterocycles. The average Bonchev–Trinajstić information content (AvgIpc) is 3.12. The van der Waals surface area contributed by atoms with Crippen LogP contribution in [0, 0.1) is 0 Å². The fourth-order valence-electron chi connectivity index (χ4n) is 2.10. The minimum absolute atomic E-state index is 0.257. The van der Waals surface area contributed by atoms with Crippen molar-refractivity contribution in [3.8, 4) is 17.4 Å². The van der Waals surface area contributed by atoms with Crippen molar-refractivity contribution in [2.24, 2.45) is 0 Å². The molecule has 1 aliphatic heterocycles. The van der Waals surface area contributed by atoms with Crippen LogP contribution in [-0.2, 0) is 6.61 Å². The highest BCUT2D eigenvalue weighted by Crippen LogP contribution is 2.37. The second-order valence-electron chi connectivity index (χ2n) is 4.40. The number of ether oxygens (including phenoxy) is 3. The molecule has 0 radical (unpaired) electrons. The molecule has 5 nitrogen and oxygen atoms in total. The molecule has 0 aliphatic carbocycles. The maximum absolute atomic E-state index is 5.83. The molecule has 21 heavy (non-hydrogen) atoms. The summed E-state index contributed by atoms with van der Waals surface area (Å²) in [5, 5.41) is 2.90. The Kier molecular flexibility index (Phi) is 3.16. The van der Waals surface area contributed by atoms with Gasteiger partial charge in [-0.1, -0.05) is 15.9 Å². The summed E-state index contributed by atoms with van der Waals surface area (Å²) in [5.74, 6) is 2.07. The Bertz CT molecular complexity index is 821. The summed E-state index contributed by atoms with van der Waals surface area (Å²) < 4.78 is 17.5. The van der Waals surface area contributed by atoms with Crippen molar-refractivity contribution in [2.45, 2.75) is 6.61 Å². The zero-order valence-corrected chi connectivity index (χ0v) is 13.1. The van der Waals surface area contributed by atoms with Crippen LogP contribution >= 0.6 is 27.3 Å². The van der Waals surface area contributed by atoms with Gasteiger partial charge in [0, 0.05) is 10.0 Å². The molecule has 3 aromatic rings. The van der Waals surface area contributed by atoms with E-state index in [1.54, 1.807) is 11.3 Å². The first-order valence-corrected chi connectivity index (χ1v) is 7.87. The summed E-state index contributed by atoms with van der Waals surface area (Å²) >= 11 is 5.09. The van der Waals surface area contributed by atoms with Crippen molar-refractivity contribution in [1.82, 2.24) is 9.97 Å². The first-order valence-electron chi connectivity index (χ1n) is 6.20. The first kappa shape index (κ1) is 12.8. The van der Waals surface area contributed by atoms with Crippen LogP contribution in [0.2, 0.25) is 0 Å². The molecule has 0 N–H and O–H groups in total. The van der Waals surface area contributed by atoms with E-state index in [9.17, 15) is 0 Å². The van der Waals surface area contributed by atoms with Gasteiger partial charge in [0.15, 0.2) is 11.5 Å². The summed E-state index contributed by atoms with van der Waals surface area (Å²) in [7, 11) is 0. The number of hydrogen-bond donors (Lipinski definition) is 0. The lowest BCUT2D eigenvalue weighted by molar-refractivity contribution is 0.174. The molecule has 1 aromatic carbocycles. The average molecular weight is 365 g/mol. The van der Waals surface area contributed by atoms with Gasteiger partial charge in [-0.05, 0) is 23.6 Å². The number of nitrogens with zero attached hydrogens (tertiary/aromatic N) is 2. The Morgan fingerprint density at radius 1 is 1.24 bits per heavy atom. The molecule has 0 saturated heterocycles. The third-order valence-electron chi connectivity index (χ3n) is 3.13. The highest BCUT2D eigenvalue weighted by molar-refractivity contribution is 9.10. The van der Waals surface area contributed by atoms with Gasteiger partial charge < -0.3 is 14.2 Å². The maximum Gasteiger partial charge on any atom is 0.231 e. The van der Waals surface area contributed by atoms with Gasteiger partial charge in [-0.15, -0.1) is 11.3 Å². The summed E-state index contributed by atoms with van der Waals surface area (Å²) in [6.07, 6.45) is 1.52. The van der Waals surface area contributed by atoms with Gasteiger partial charge in [-0.2, -0.15) is 0 Å². The van der Waals surface area contributed by atoms with Crippen LogP contribution in [0.4, 0.5) is 0 Å². The smallest absolute Gasteiger partial charge is 0.231 e. The molecule has 7 heteroatoms. The number of thiophene rings is 1. The number of hydrogen-bond acceptors (Lipinski definition) is 6. The van der Waals surface area contributed by atoms with E-state index < -0.39 is 0 Å². The zero-order valence-electron chi connectivity index (χ0n) is 10.7. The molecule has 3 heterocycles. The lowest BCUT2D eigenvalue weighted by atomic mass is 10.2. The van der Waals surface area contributed by atoms with Crippen molar-refractivity contribution < 1.29 is 14.2 Å². The van der Waals surface area contributed by atoms with Gasteiger partial charge >= 0.3 is 0 Å². The molecule has 0 amide bonds. The van der Waals surface area contributed by atoms with Crippen LogP contribution in [0.15, 0.2) is 34.4 Å².